The van der Waals surface area contributed by atoms with Gasteiger partial charge in [-0.2, -0.15) is 0 Å². The molecule has 1 amide bonds. The SMILES string of the molecule is COc1ccc(S(=O)(=O)N(Cc2cccnc2)c2c(CO)cccc2C(=O)NO)cc1. The summed E-state index contributed by atoms with van der Waals surface area (Å²) in [6.45, 7) is -0.686. The van der Waals surface area contributed by atoms with Crippen LogP contribution in [0.2, 0.25) is 0 Å². The van der Waals surface area contributed by atoms with E-state index in [4.69, 9.17) is 4.74 Å². The third-order valence-corrected chi connectivity index (χ3v) is 6.34. The number of amides is 1. The Morgan fingerprint density at radius 3 is 2.45 bits per heavy atom. The van der Waals surface area contributed by atoms with Crippen LogP contribution in [0.4, 0.5) is 5.69 Å². The number of benzene rings is 2. The Kier molecular flexibility index (Phi) is 6.85. The van der Waals surface area contributed by atoms with Crippen LogP contribution in [0, 0.1) is 0 Å². The van der Waals surface area contributed by atoms with Crippen molar-refractivity contribution in [3.8, 4) is 5.75 Å². The van der Waals surface area contributed by atoms with E-state index in [-0.39, 0.29) is 28.3 Å². The van der Waals surface area contributed by atoms with Crippen molar-refractivity contribution >= 4 is 21.6 Å². The zero-order valence-electron chi connectivity index (χ0n) is 16.6. The number of nitrogens with zero attached hydrogens (tertiary/aromatic N) is 2. The minimum absolute atomic E-state index is 0.0414. The highest BCUT2D eigenvalue weighted by Crippen LogP contribution is 2.33. The van der Waals surface area contributed by atoms with E-state index in [9.17, 15) is 23.5 Å². The predicted molar refractivity (Wildman–Crippen MR) is 112 cm³/mol. The van der Waals surface area contributed by atoms with Crippen molar-refractivity contribution < 1.29 is 28.3 Å². The number of anilines is 1. The largest absolute Gasteiger partial charge is 0.497 e. The minimum atomic E-state index is -4.20. The molecule has 162 valence electrons. The molecule has 0 fully saturated rings. The molecule has 2 aromatic carbocycles. The van der Waals surface area contributed by atoms with Gasteiger partial charge in [0, 0.05) is 18.0 Å². The van der Waals surface area contributed by atoms with Gasteiger partial charge in [-0.05, 0) is 42.0 Å². The van der Waals surface area contributed by atoms with E-state index < -0.39 is 22.5 Å². The first-order valence-electron chi connectivity index (χ1n) is 9.15. The third kappa shape index (κ3) is 4.66. The fourth-order valence-electron chi connectivity index (χ4n) is 3.07. The maximum atomic E-state index is 13.7. The Balaban J connectivity index is 2.24. The third-order valence-electron chi connectivity index (χ3n) is 4.58. The lowest BCUT2D eigenvalue weighted by Gasteiger charge is -2.28. The Bertz CT molecular complexity index is 1150. The first kappa shape index (κ1) is 22.2. The Labute approximate surface area is 179 Å². The molecule has 3 aromatic rings. The summed E-state index contributed by atoms with van der Waals surface area (Å²) in [7, 11) is -2.73. The molecule has 31 heavy (non-hydrogen) atoms. The number of sulfonamides is 1. The van der Waals surface area contributed by atoms with Crippen molar-refractivity contribution in [2.45, 2.75) is 18.0 Å². The maximum Gasteiger partial charge on any atom is 0.276 e. The van der Waals surface area contributed by atoms with Crippen molar-refractivity contribution in [1.29, 1.82) is 0 Å². The second kappa shape index (κ2) is 9.56. The van der Waals surface area contributed by atoms with E-state index in [1.165, 1.54) is 61.3 Å². The monoisotopic (exact) mass is 443 g/mol. The maximum absolute atomic E-state index is 13.7. The first-order valence-corrected chi connectivity index (χ1v) is 10.6. The molecule has 3 rings (SSSR count). The number of ether oxygens (including phenoxy) is 1. The Morgan fingerprint density at radius 1 is 1.13 bits per heavy atom. The number of hydrogen-bond donors (Lipinski definition) is 3. The van der Waals surface area contributed by atoms with Gasteiger partial charge in [-0.3, -0.25) is 19.3 Å². The number of nitrogens with one attached hydrogen (secondary N) is 1. The van der Waals surface area contributed by atoms with Gasteiger partial charge in [-0.15, -0.1) is 0 Å². The molecular formula is C21H21N3O6S. The topological polar surface area (TPSA) is 129 Å². The van der Waals surface area contributed by atoms with E-state index in [0.29, 0.717) is 11.3 Å². The molecule has 0 aliphatic heterocycles. The molecule has 0 atom stereocenters. The standard InChI is InChI=1S/C21H21N3O6S/c1-30-17-7-9-18(10-8-17)31(28,29)24(13-15-4-3-11-22-12-15)20-16(14-25)5-2-6-19(20)21(26)23-27/h2-12,25,27H,13-14H2,1H3,(H,23,26). The summed E-state index contributed by atoms with van der Waals surface area (Å²) in [5.74, 6) is -0.430. The van der Waals surface area contributed by atoms with Crippen LogP contribution >= 0.6 is 0 Å². The van der Waals surface area contributed by atoms with Crippen LogP contribution in [0.15, 0.2) is 71.9 Å². The quantitative estimate of drug-likeness (QED) is 0.359. The first-order chi connectivity index (χ1) is 14.9. The number of hydrogen-bond acceptors (Lipinski definition) is 7. The molecule has 1 heterocycles. The van der Waals surface area contributed by atoms with Gasteiger partial charge in [0.05, 0.1) is 36.4 Å². The predicted octanol–water partition coefficient (Wildman–Crippen LogP) is 2.10. The summed E-state index contributed by atoms with van der Waals surface area (Å²) in [5, 5.41) is 19.0. The second-order valence-electron chi connectivity index (χ2n) is 6.46. The molecule has 1 aromatic heterocycles. The lowest BCUT2D eigenvalue weighted by Crippen LogP contribution is -2.34. The molecule has 9 nitrogen and oxygen atoms in total. The number of para-hydroxylation sites is 1. The number of aromatic nitrogens is 1. The molecule has 0 saturated carbocycles. The summed E-state index contributed by atoms with van der Waals surface area (Å²) in [6, 6.07) is 13.5. The van der Waals surface area contributed by atoms with Gasteiger partial charge in [0.1, 0.15) is 5.75 Å². The van der Waals surface area contributed by atoms with Gasteiger partial charge in [0.2, 0.25) is 0 Å². The van der Waals surface area contributed by atoms with Crippen molar-refractivity contribution in [1.82, 2.24) is 10.5 Å². The highest BCUT2D eigenvalue weighted by molar-refractivity contribution is 7.92. The van der Waals surface area contributed by atoms with Crippen LogP contribution in [-0.2, 0) is 23.2 Å². The summed E-state index contributed by atoms with van der Waals surface area (Å²) >= 11 is 0. The summed E-state index contributed by atoms with van der Waals surface area (Å²) < 4.78 is 33.4. The summed E-state index contributed by atoms with van der Waals surface area (Å²) in [6.07, 6.45) is 3.06. The number of pyridine rings is 1. The van der Waals surface area contributed by atoms with Crippen LogP contribution in [0.1, 0.15) is 21.5 Å². The van der Waals surface area contributed by atoms with Crippen LogP contribution in [-0.4, -0.2) is 36.7 Å². The number of methoxy groups -OCH3 is 1. The second-order valence-corrected chi connectivity index (χ2v) is 8.32. The molecule has 0 radical (unpaired) electrons. The average molecular weight is 443 g/mol. The van der Waals surface area contributed by atoms with Crippen LogP contribution < -0.4 is 14.5 Å². The molecule has 0 aliphatic carbocycles. The molecule has 0 unspecified atom stereocenters. The van der Waals surface area contributed by atoms with Gasteiger partial charge >= 0.3 is 0 Å². The lowest BCUT2D eigenvalue weighted by molar-refractivity contribution is 0.0707. The van der Waals surface area contributed by atoms with E-state index in [0.717, 1.165) is 4.31 Å². The highest BCUT2D eigenvalue weighted by Gasteiger charge is 2.30. The Morgan fingerprint density at radius 2 is 1.87 bits per heavy atom. The summed E-state index contributed by atoms with van der Waals surface area (Å²) in [5.41, 5.74) is 2.12. The minimum Gasteiger partial charge on any atom is -0.497 e. The zero-order valence-corrected chi connectivity index (χ0v) is 17.4. The van der Waals surface area contributed by atoms with E-state index in [2.05, 4.69) is 4.98 Å². The smallest absolute Gasteiger partial charge is 0.276 e. The average Bonchev–Trinajstić information content (AvgIpc) is 2.82. The molecule has 3 N–H and O–H groups in total. The van der Waals surface area contributed by atoms with E-state index in [1.54, 1.807) is 18.3 Å². The lowest BCUT2D eigenvalue weighted by atomic mass is 10.1. The molecule has 0 saturated heterocycles. The van der Waals surface area contributed by atoms with Crippen LogP contribution in [0.5, 0.6) is 5.75 Å². The number of aliphatic hydroxyl groups excluding tert-OH is 1. The van der Waals surface area contributed by atoms with E-state index >= 15 is 0 Å². The number of rotatable bonds is 8. The molecule has 0 aliphatic rings. The number of hydroxylamine groups is 1. The fourth-order valence-corrected chi connectivity index (χ4v) is 4.58. The van der Waals surface area contributed by atoms with Gasteiger partial charge in [0.25, 0.3) is 15.9 Å². The molecular weight excluding hydrogens is 422 g/mol. The Hall–Kier alpha value is -3.47. The normalized spacial score (nSPS) is 11.1. The molecule has 0 bridgehead atoms. The van der Waals surface area contributed by atoms with Crippen LogP contribution in [0.3, 0.4) is 0 Å². The molecule has 10 heteroatoms. The van der Waals surface area contributed by atoms with Crippen molar-refractivity contribution in [3.63, 3.8) is 0 Å². The number of aliphatic hydroxyl groups is 1. The fraction of sp³-hybridized carbons (Fsp3) is 0.143. The van der Waals surface area contributed by atoms with Gasteiger partial charge < -0.3 is 9.84 Å². The van der Waals surface area contributed by atoms with Crippen molar-refractivity contribution in [2.75, 3.05) is 11.4 Å². The van der Waals surface area contributed by atoms with Gasteiger partial charge in [-0.25, -0.2) is 13.9 Å². The number of carbonyl (C=O) groups is 1. The van der Waals surface area contributed by atoms with Gasteiger partial charge in [0.15, 0.2) is 0 Å². The molecule has 0 spiro atoms. The van der Waals surface area contributed by atoms with Crippen LogP contribution in [0.25, 0.3) is 0 Å². The zero-order chi connectivity index (χ0) is 22.4. The van der Waals surface area contributed by atoms with Crippen molar-refractivity contribution in [2.24, 2.45) is 0 Å². The summed E-state index contributed by atoms with van der Waals surface area (Å²) in [4.78, 5) is 16.3. The highest BCUT2D eigenvalue weighted by atomic mass is 32.2. The number of carbonyl (C=O) groups excluding carboxylic acids is 1. The van der Waals surface area contributed by atoms with Gasteiger partial charge in [-0.1, -0.05) is 18.2 Å². The van der Waals surface area contributed by atoms with E-state index in [1.807, 2.05) is 0 Å². The van der Waals surface area contributed by atoms with Crippen molar-refractivity contribution in [3.05, 3.63) is 83.7 Å².